The normalized spacial score (nSPS) is 18.1. The molecule has 0 bridgehead atoms. The van der Waals surface area contributed by atoms with Crippen LogP contribution in [0.4, 0.5) is 5.13 Å². The highest BCUT2D eigenvalue weighted by atomic mass is 32.2. The van der Waals surface area contributed by atoms with Crippen molar-refractivity contribution in [1.29, 1.82) is 4.78 Å². The molecule has 0 spiro atoms. The maximum atomic E-state index is 13.1. The standard InChI is InChI=1S/C20H24N4O2S2/c1-10-18(27-20(22-10)23-12(3)25)14-7-15-9-24(11(2)13-5-6-13)19(26)17(15)16(8-14)28(4)21/h7-8,11,13,21H,5-6,9H2,1-4H3,(H,22,23,25)/t11?,28-/m0/s1. The molecular formula is C20H24N4O2S2. The van der Waals surface area contributed by atoms with E-state index >= 15 is 0 Å². The van der Waals surface area contributed by atoms with Crippen molar-refractivity contribution in [2.45, 2.75) is 51.1 Å². The van der Waals surface area contributed by atoms with Crippen LogP contribution in [0.3, 0.4) is 0 Å². The second kappa shape index (κ2) is 7.08. The van der Waals surface area contributed by atoms with Crippen LogP contribution in [0.1, 0.15) is 48.3 Å². The number of nitrogens with zero attached hydrogens (tertiary/aromatic N) is 2. The highest BCUT2D eigenvalue weighted by Gasteiger charge is 2.40. The fourth-order valence-corrected chi connectivity index (χ4v) is 5.67. The van der Waals surface area contributed by atoms with Crippen molar-refractivity contribution in [1.82, 2.24) is 9.88 Å². The molecule has 148 valence electrons. The Hall–Kier alpha value is -2.06. The number of thiazole rings is 1. The van der Waals surface area contributed by atoms with Crippen molar-refractivity contribution in [3.8, 4) is 10.4 Å². The van der Waals surface area contributed by atoms with Crippen LogP contribution in [0.2, 0.25) is 0 Å². The fraction of sp³-hybridized carbons (Fsp3) is 0.450. The summed E-state index contributed by atoms with van der Waals surface area (Å²) in [6.07, 6.45) is 4.23. The molecule has 2 aromatic rings. The van der Waals surface area contributed by atoms with E-state index in [-0.39, 0.29) is 17.9 Å². The second-order valence-corrected chi connectivity index (χ2v) is 10.1. The zero-order valence-electron chi connectivity index (χ0n) is 16.5. The zero-order valence-corrected chi connectivity index (χ0v) is 18.1. The molecule has 1 unspecified atom stereocenters. The molecule has 28 heavy (non-hydrogen) atoms. The van der Waals surface area contributed by atoms with Gasteiger partial charge in [-0.2, -0.15) is 0 Å². The Balaban J connectivity index is 1.77. The number of hydrogen-bond donors (Lipinski definition) is 2. The summed E-state index contributed by atoms with van der Waals surface area (Å²) in [6, 6.07) is 4.29. The quantitative estimate of drug-likeness (QED) is 0.766. The van der Waals surface area contributed by atoms with E-state index in [9.17, 15) is 9.59 Å². The molecule has 1 aromatic heterocycles. The van der Waals surface area contributed by atoms with Crippen LogP contribution in [0.5, 0.6) is 0 Å². The van der Waals surface area contributed by atoms with Crippen LogP contribution in [0, 0.1) is 17.6 Å². The van der Waals surface area contributed by atoms with Crippen LogP contribution in [0.25, 0.3) is 10.4 Å². The smallest absolute Gasteiger partial charge is 0.255 e. The first-order chi connectivity index (χ1) is 13.3. The zero-order chi connectivity index (χ0) is 20.2. The van der Waals surface area contributed by atoms with E-state index in [0.29, 0.717) is 17.6 Å². The molecule has 4 rings (SSSR count). The van der Waals surface area contributed by atoms with Gasteiger partial charge in [-0.3, -0.25) is 14.4 Å². The molecule has 1 fully saturated rings. The monoisotopic (exact) mass is 416 g/mol. The maximum absolute atomic E-state index is 13.1. The summed E-state index contributed by atoms with van der Waals surface area (Å²) >= 11 is 1.43. The predicted octanol–water partition coefficient (Wildman–Crippen LogP) is 4.20. The van der Waals surface area contributed by atoms with Gasteiger partial charge in [-0.1, -0.05) is 22.0 Å². The lowest BCUT2D eigenvalue weighted by molar-refractivity contribution is -0.114. The van der Waals surface area contributed by atoms with Gasteiger partial charge < -0.3 is 10.2 Å². The minimum atomic E-state index is -0.781. The van der Waals surface area contributed by atoms with Gasteiger partial charge in [0.25, 0.3) is 5.91 Å². The molecule has 0 radical (unpaired) electrons. The molecule has 1 aliphatic heterocycles. The minimum absolute atomic E-state index is 0.0718. The number of nitrogens with one attached hydrogen (secondary N) is 2. The number of rotatable bonds is 5. The van der Waals surface area contributed by atoms with Gasteiger partial charge in [-0.15, -0.1) is 0 Å². The Labute approximate surface area is 171 Å². The average Bonchev–Trinajstić information content (AvgIpc) is 3.33. The third kappa shape index (κ3) is 3.39. The van der Waals surface area contributed by atoms with E-state index in [1.54, 1.807) is 0 Å². The van der Waals surface area contributed by atoms with E-state index in [0.717, 1.165) is 32.2 Å². The first-order valence-corrected chi connectivity index (χ1v) is 11.8. The van der Waals surface area contributed by atoms with Gasteiger partial charge in [0, 0.05) is 24.4 Å². The van der Waals surface area contributed by atoms with Gasteiger partial charge in [0.15, 0.2) is 5.13 Å². The Morgan fingerprint density at radius 3 is 2.75 bits per heavy atom. The number of carbonyl (C=O) groups is 2. The molecule has 2 N–H and O–H groups in total. The Morgan fingerprint density at radius 2 is 2.14 bits per heavy atom. The van der Waals surface area contributed by atoms with Crippen molar-refractivity contribution < 1.29 is 9.59 Å². The Bertz CT molecular complexity index is 1010. The lowest BCUT2D eigenvalue weighted by atomic mass is 10.0. The summed E-state index contributed by atoms with van der Waals surface area (Å²) in [5, 5.41) is 3.32. The summed E-state index contributed by atoms with van der Waals surface area (Å²) in [4.78, 5) is 32.7. The molecule has 1 aliphatic carbocycles. The summed E-state index contributed by atoms with van der Waals surface area (Å²) in [6.45, 7) is 6.14. The SMILES string of the molecule is CC(=O)Nc1nc(C)c(-c2cc3c(c([S@](C)=N)c2)C(=O)N(C(C)C2CC2)C3)s1. The molecule has 1 saturated carbocycles. The van der Waals surface area contributed by atoms with Crippen LogP contribution in [0.15, 0.2) is 17.0 Å². The van der Waals surface area contributed by atoms with Crippen LogP contribution >= 0.6 is 11.3 Å². The highest BCUT2D eigenvalue weighted by molar-refractivity contribution is 7.85. The van der Waals surface area contributed by atoms with Crippen molar-refractivity contribution >= 4 is 39.0 Å². The van der Waals surface area contributed by atoms with E-state index in [1.165, 1.54) is 31.1 Å². The number of carbonyl (C=O) groups excluding carboxylic acids is 2. The van der Waals surface area contributed by atoms with Crippen LogP contribution in [-0.2, 0) is 22.0 Å². The lowest BCUT2D eigenvalue weighted by Crippen LogP contribution is -2.34. The van der Waals surface area contributed by atoms with Crippen molar-refractivity contribution in [3.05, 3.63) is 29.0 Å². The van der Waals surface area contributed by atoms with Crippen molar-refractivity contribution in [3.63, 3.8) is 0 Å². The number of anilines is 1. The van der Waals surface area contributed by atoms with Gasteiger partial charge in [-0.25, -0.2) is 4.98 Å². The van der Waals surface area contributed by atoms with E-state index in [2.05, 4.69) is 23.3 Å². The molecule has 2 amide bonds. The largest absolute Gasteiger partial charge is 0.331 e. The first kappa shape index (κ1) is 19.3. The summed E-state index contributed by atoms with van der Waals surface area (Å²) in [5.74, 6) is 0.537. The number of benzene rings is 1. The number of fused-ring (bicyclic) bond motifs is 1. The number of aryl methyl sites for hydroxylation is 1. The molecule has 2 aliphatic rings. The number of amides is 2. The van der Waals surface area contributed by atoms with Gasteiger partial charge >= 0.3 is 0 Å². The van der Waals surface area contributed by atoms with Crippen LogP contribution < -0.4 is 5.32 Å². The van der Waals surface area contributed by atoms with Gasteiger partial charge in [-0.05, 0) is 62.1 Å². The molecule has 2 heterocycles. The second-order valence-electron chi connectivity index (χ2n) is 7.64. The summed E-state index contributed by atoms with van der Waals surface area (Å²) in [7, 11) is -0.781. The molecule has 2 atom stereocenters. The van der Waals surface area contributed by atoms with Crippen LogP contribution in [-0.4, -0.2) is 34.0 Å². The Morgan fingerprint density at radius 1 is 1.43 bits per heavy atom. The van der Waals surface area contributed by atoms with E-state index < -0.39 is 10.7 Å². The summed E-state index contributed by atoms with van der Waals surface area (Å²) < 4.78 is 8.35. The van der Waals surface area contributed by atoms with Crippen molar-refractivity contribution in [2.24, 2.45) is 5.92 Å². The number of hydrogen-bond acceptors (Lipinski definition) is 5. The van der Waals surface area contributed by atoms with E-state index in [4.69, 9.17) is 4.78 Å². The first-order valence-electron chi connectivity index (χ1n) is 9.36. The van der Waals surface area contributed by atoms with Gasteiger partial charge in [0.1, 0.15) is 0 Å². The fourth-order valence-electron chi connectivity index (χ4n) is 3.84. The lowest BCUT2D eigenvalue weighted by Gasteiger charge is -2.24. The predicted molar refractivity (Wildman–Crippen MR) is 113 cm³/mol. The highest BCUT2D eigenvalue weighted by Crippen LogP contribution is 2.41. The Kier molecular flexibility index (Phi) is 4.87. The molecule has 0 saturated heterocycles. The molecule has 6 nitrogen and oxygen atoms in total. The maximum Gasteiger partial charge on any atom is 0.255 e. The van der Waals surface area contributed by atoms with Gasteiger partial charge in [0.2, 0.25) is 5.91 Å². The average molecular weight is 417 g/mol. The molecular weight excluding hydrogens is 392 g/mol. The third-order valence-electron chi connectivity index (χ3n) is 5.47. The number of aromatic nitrogens is 1. The van der Waals surface area contributed by atoms with Gasteiger partial charge in [0.05, 0.1) is 16.1 Å². The minimum Gasteiger partial charge on any atom is -0.331 e. The van der Waals surface area contributed by atoms with Crippen molar-refractivity contribution in [2.75, 3.05) is 11.6 Å². The molecule has 8 heteroatoms. The summed E-state index contributed by atoms with van der Waals surface area (Å²) in [5.41, 5.74) is 3.54. The van der Waals surface area contributed by atoms with E-state index in [1.807, 2.05) is 24.1 Å². The third-order valence-corrected chi connectivity index (χ3v) is 7.57. The topological polar surface area (TPSA) is 86.1 Å². The molecule has 1 aromatic carbocycles.